The molecule has 0 aliphatic carbocycles. The smallest absolute Gasteiger partial charge is 0.144 e. The van der Waals surface area contributed by atoms with Crippen LogP contribution in [-0.4, -0.2) is 43.7 Å². The van der Waals surface area contributed by atoms with Gasteiger partial charge >= 0.3 is 0 Å². The van der Waals surface area contributed by atoms with Crippen molar-refractivity contribution in [2.24, 2.45) is 0 Å². The molecule has 0 bridgehead atoms. The maximum absolute atomic E-state index is 6.34. The zero-order valence-corrected chi connectivity index (χ0v) is 13.1. The summed E-state index contributed by atoms with van der Waals surface area (Å²) in [4.78, 5) is 5.09. The molecule has 4 nitrogen and oxygen atoms in total. The number of piperidine rings is 1. The van der Waals surface area contributed by atoms with Crippen molar-refractivity contribution >= 4 is 11.4 Å². The molecule has 0 spiro atoms. The lowest BCUT2D eigenvalue weighted by Gasteiger charge is -2.45. The molecule has 1 aromatic carbocycles. The first-order valence-electron chi connectivity index (χ1n) is 8.30. The van der Waals surface area contributed by atoms with Crippen molar-refractivity contribution in [1.29, 1.82) is 0 Å². The van der Waals surface area contributed by atoms with E-state index >= 15 is 0 Å². The van der Waals surface area contributed by atoms with Crippen molar-refractivity contribution in [2.75, 3.05) is 43.4 Å². The number of nitrogens with zero attached hydrogens (tertiary/aromatic N) is 2. The topological polar surface area (TPSA) is 41.7 Å². The molecule has 2 N–H and O–H groups in total. The molecule has 2 aliphatic rings. The zero-order valence-electron chi connectivity index (χ0n) is 13.1. The predicted molar refractivity (Wildman–Crippen MR) is 88.1 cm³/mol. The van der Waals surface area contributed by atoms with E-state index in [-0.39, 0.29) is 0 Å². The third kappa shape index (κ3) is 3.10. The number of hydrogen-bond acceptors (Lipinski definition) is 4. The van der Waals surface area contributed by atoms with Gasteiger partial charge in [-0.1, -0.05) is 19.4 Å². The Hall–Kier alpha value is -1.42. The largest absolute Gasteiger partial charge is 0.491 e. The van der Waals surface area contributed by atoms with Crippen LogP contribution in [0.2, 0.25) is 0 Å². The zero-order chi connectivity index (χ0) is 14.7. The number of para-hydroxylation sites is 1. The number of anilines is 2. The van der Waals surface area contributed by atoms with Crippen molar-refractivity contribution in [3.05, 3.63) is 18.2 Å². The van der Waals surface area contributed by atoms with Crippen molar-refractivity contribution in [2.45, 2.75) is 38.6 Å². The molecule has 2 heterocycles. The second kappa shape index (κ2) is 6.56. The van der Waals surface area contributed by atoms with Crippen LogP contribution in [0.15, 0.2) is 18.2 Å². The highest BCUT2D eigenvalue weighted by atomic mass is 16.5. The van der Waals surface area contributed by atoms with Crippen molar-refractivity contribution in [1.82, 2.24) is 4.90 Å². The molecule has 2 saturated heterocycles. The highest BCUT2D eigenvalue weighted by Gasteiger charge is 2.29. The minimum atomic E-state index is 0.701. The average Bonchev–Trinajstić information content (AvgIpc) is 2.53. The van der Waals surface area contributed by atoms with E-state index < -0.39 is 0 Å². The number of rotatable bonds is 4. The Morgan fingerprint density at radius 2 is 2.14 bits per heavy atom. The molecule has 1 aromatic rings. The summed E-state index contributed by atoms with van der Waals surface area (Å²) in [5.41, 5.74) is 8.29. The number of nitrogen functional groups attached to an aromatic ring is 1. The third-order valence-electron chi connectivity index (χ3n) is 4.68. The normalized spacial score (nSPS) is 22.9. The fourth-order valence-electron chi connectivity index (χ4n) is 3.52. The molecule has 0 saturated carbocycles. The van der Waals surface area contributed by atoms with E-state index in [1.807, 2.05) is 6.07 Å². The molecule has 0 aromatic heterocycles. The first-order valence-corrected chi connectivity index (χ1v) is 8.30. The molecule has 1 unspecified atom stereocenters. The monoisotopic (exact) mass is 289 g/mol. The van der Waals surface area contributed by atoms with Crippen LogP contribution in [0.5, 0.6) is 5.75 Å². The van der Waals surface area contributed by atoms with Crippen molar-refractivity contribution < 1.29 is 4.74 Å². The summed E-state index contributed by atoms with van der Waals surface area (Å²) in [5, 5.41) is 0. The number of fused-ring (bicyclic) bond motifs is 1. The van der Waals surface area contributed by atoms with Crippen LogP contribution in [0.1, 0.15) is 32.6 Å². The lowest BCUT2D eigenvalue weighted by Crippen LogP contribution is -2.55. The molecule has 0 amide bonds. The highest BCUT2D eigenvalue weighted by molar-refractivity contribution is 5.74. The minimum absolute atomic E-state index is 0.701. The summed E-state index contributed by atoms with van der Waals surface area (Å²) in [6.07, 6.45) is 5.05. The Bertz CT molecular complexity index is 477. The van der Waals surface area contributed by atoms with Gasteiger partial charge in [0.1, 0.15) is 5.75 Å². The van der Waals surface area contributed by atoms with Crippen LogP contribution < -0.4 is 15.4 Å². The van der Waals surface area contributed by atoms with E-state index in [4.69, 9.17) is 10.5 Å². The standard InChI is InChI=1S/C17H27N3O/c1-2-12-21-16-8-5-7-15(17(16)18)20-11-10-19-9-4-3-6-14(19)13-20/h5,7-8,14H,2-4,6,9-13,18H2,1H3. The molecule has 1 atom stereocenters. The fraction of sp³-hybridized carbons (Fsp3) is 0.647. The molecule has 21 heavy (non-hydrogen) atoms. The maximum Gasteiger partial charge on any atom is 0.144 e. The van der Waals surface area contributed by atoms with E-state index in [1.54, 1.807) is 0 Å². The van der Waals surface area contributed by atoms with E-state index in [2.05, 4.69) is 28.9 Å². The van der Waals surface area contributed by atoms with E-state index in [0.717, 1.165) is 49.8 Å². The van der Waals surface area contributed by atoms with Gasteiger partial charge in [0.2, 0.25) is 0 Å². The fourth-order valence-corrected chi connectivity index (χ4v) is 3.52. The summed E-state index contributed by atoms with van der Waals surface area (Å²) in [5.74, 6) is 0.834. The highest BCUT2D eigenvalue weighted by Crippen LogP contribution is 2.34. The Balaban J connectivity index is 1.74. The summed E-state index contributed by atoms with van der Waals surface area (Å²) in [6, 6.07) is 6.87. The van der Waals surface area contributed by atoms with Gasteiger partial charge in [-0.25, -0.2) is 0 Å². The van der Waals surface area contributed by atoms with E-state index in [9.17, 15) is 0 Å². The number of benzene rings is 1. The first kappa shape index (κ1) is 14.5. The van der Waals surface area contributed by atoms with Gasteiger partial charge in [-0.3, -0.25) is 4.90 Å². The minimum Gasteiger partial charge on any atom is -0.491 e. The Morgan fingerprint density at radius 1 is 1.24 bits per heavy atom. The van der Waals surface area contributed by atoms with Gasteiger partial charge in [0, 0.05) is 25.7 Å². The number of ether oxygens (including phenoxy) is 1. The SMILES string of the molecule is CCCOc1cccc(N2CCN3CCCCC3C2)c1N. The van der Waals surface area contributed by atoms with Crippen molar-refractivity contribution in [3.63, 3.8) is 0 Å². The van der Waals surface area contributed by atoms with Crippen LogP contribution in [0.3, 0.4) is 0 Å². The number of piperazine rings is 1. The van der Waals surface area contributed by atoms with Gasteiger partial charge in [0.15, 0.2) is 0 Å². The van der Waals surface area contributed by atoms with Gasteiger partial charge < -0.3 is 15.4 Å². The summed E-state index contributed by atoms with van der Waals surface area (Å²) in [6.45, 7) is 7.43. The Labute approximate surface area is 127 Å². The van der Waals surface area contributed by atoms with Gasteiger partial charge in [-0.15, -0.1) is 0 Å². The van der Waals surface area contributed by atoms with Crippen LogP contribution in [0.25, 0.3) is 0 Å². The van der Waals surface area contributed by atoms with Crippen LogP contribution >= 0.6 is 0 Å². The quantitative estimate of drug-likeness (QED) is 0.865. The molecule has 2 fully saturated rings. The molecule has 3 rings (SSSR count). The van der Waals surface area contributed by atoms with Gasteiger partial charge in [-0.05, 0) is 37.9 Å². The third-order valence-corrected chi connectivity index (χ3v) is 4.68. The maximum atomic E-state index is 6.34. The molecular weight excluding hydrogens is 262 g/mol. The first-order chi connectivity index (χ1) is 10.3. The molecule has 2 aliphatic heterocycles. The average molecular weight is 289 g/mol. The summed E-state index contributed by atoms with van der Waals surface area (Å²) in [7, 11) is 0. The van der Waals surface area contributed by atoms with Crippen LogP contribution in [0, 0.1) is 0 Å². The number of hydrogen-bond donors (Lipinski definition) is 1. The number of nitrogens with two attached hydrogens (primary N) is 1. The second-order valence-corrected chi connectivity index (χ2v) is 6.17. The molecule has 0 radical (unpaired) electrons. The lowest BCUT2D eigenvalue weighted by atomic mass is 9.99. The van der Waals surface area contributed by atoms with Crippen molar-refractivity contribution in [3.8, 4) is 5.75 Å². The van der Waals surface area contributed by atoms with E-state index in [1.165, 1.54) is 25.8 Å². The predicted octanol–water partition coefficient (Wildman–Crippen LogP) is 2.73. The lowest BCUT2D eigenvalue weighted by molar-refractivity contribution is 0.133. The van der Waals surface area contributed by atoms with Crippen LogP contribution in [0.4, 0.5) is 11.4 Å². The summed E-state index contributed by atoms with van der Waals surface area (Å²) >= 11 is 0. The second-order valence-electron chi connectivity index (χ2n) is 6.17. The molecule has 116 valence electrons. The van der Waals surface area contributed by atoms with Gasteiger partial charge in [0.25, 0.3) is 0 Å². The Morgan fingerprint density at radius 3 is 3.00 bits per heavy atom. The molecular formula is C17H27N3O. The molecule has 4 heteroatoms. The van der Waals surface area contributed by atoms with Gasteiger partial charge in [-0.2, -0.15) is 0 Å². The van der Waals surface area contributed by atoms with E-state index in [0.29, 0.717) is 6.04 Å². The van der Waals surface area contributed by atoms with Gasteiger partial charge in [0.05, 0.1) is 18.0 Å². The Kier molecular flexibility index (Phi) is 4.54. The summed E-state index contributed by atoms with van der Waals surface area (Å²) < 4.78 is 5.76. The van der Waals surface area contributed by atoms with Crippen LogP contribution in [-0.2, 0) is 0 Å².